The molecule has 0 radical (unpaired) electrons. The van der Waals surface area contributed by atoms with Crippen LogP contribution in [0, 0.1) is 12.7 Å². The molecule has 1 aliphatic heterocycles. The predicted octanol–water partition coefficient (Wildman–Crippen LogP) is 2.88. The fourth-order valence-corrected chi connectivity index (χ4v) is 3.80. The molecule has 0 bridgehead atoms. The Balaban J connectivity index is 1.55. The number of nitrogens with one attached hydrogen (secondary N) is 3. The summed E-state index contributed by atoms with van der Waals surface area (Å²) >= 11 is 0. The number of nitrogens with zero attached hydrogens (tertiary/aromatic N) is 1. The molecular formula is C24H33FN4O4. The number of carbonyl (C=O) groups is 2. The summed E-state index contributed by atoms with van der Waals surface area (Å²) in [7, 11) is 0. The molecular weight excluding hydrogens is 427 g/mol. The topological polar surface area (TPSA) is 95.8 Å². The first-order chi connectivity index (χ1) is 16.0. The number of carbonyl (C=O) groups excluding carboxylic acids is 2. The van der Waals surface area contributed by atoms with Crippen molar-refractivity contribution >= 4 is 11.9 Å². The third-order valence-corrected chi connectivity index (χ3v) is 5.61. The molecule has 2 aromatic rings. The van der Waals surface area contributed by atoms with Crippen LogP contribution in [0.3, 0.4) is 0 Å². The van der Waals surface area contributed by atoms with Crippen LogP contribution in [0.4, 0.5) is 9.18 Å². The van der Waals surface area contributed by atoms with Crippen molar-refractivity contribution in [2.75, 3.05) is 32.8 Å². The predicted molar refractivity (Wildman–Crippen MR) is 122 cm³/mol. The van der Waals surface area contributed by atoms with Gasteiger partial charge >= 0.3 is 6.03 Å². The molecule has 1 aromatic carbocycles. The van der Waals surface area contributed by atoms with Crippen LogP contribution in [0.25, 0.3) is 0 Å². The summed E-state index contributed by atoms with van der Waals surface area (Å²) in [4.78, 5) is 27.5. The molecule has 8 nitrogen and oxygen atoms in total. The van der Waals surface area contributed by atoms with Crippen LogP contribution in [-0.2, 0) is 16.1 Å². The minimum absolute atomic E-state index is 0.110. The summed E-state index contributed by atoms with van der Waals surface area (Å²) in [6.07, 6.45) is 1.25. The second-order valence-electron chi connectivity index (χ2n) is 8.15. The van der Waals surface area contributed by atoms with E-state index in [0.29, 0.717) is 26.2 Å². The number of urea groups is 1. The van der Waals surface area contributed by atoms with Crippen molar-refractivity contribution < 1.29 is 23.1 Å². The Morgan fingerprint density at radius 2 is 1.82 bits per heavy atom. The molecule has 1 fully saturated rings. The van der Waals surface area contributed by atoms with Crippen molar-refractivity contribution in [1.82, 2.24) is 20.9 Å². The number of aryl methyl sites for hydroxylation is 1. The highest BCUT2D eigenvalue weighted by molar-refractivity contribution is 5.87. The minimum Gasteiger partial charge on any atom is -0.465 e. The summed E-state index contributed by atoms with van der Waals surface area (Å²) in [5.74, 6) is 1.04. The van der Waals surface area contributed by atoms with Gasteiger partial charge < -0.3 is 25.1 Å². The lowest BCUT2D eigenvalue weighted by Crippen LogP contribution is -2.51. The molecule has 3 N–H and O–H groups in total. The van der Waals surface area contributed by atoms with E-state index < -0.39 is 12.1 Å². The van der Waals surface area contributed by atoms with E-state index in [1.807, 2.05) is 26.0 Å². The maximum atomic E-state index is 13.0. The number of halogens is 1. The van der Waals surface area contributed by atoms with Gasteiger partial charge in [0.2, 0.25) is 5.91 Å². The van der Waals surface area contributed by atoms with Crippen LogP contribution < -0.4 is 16.0 Å². The molecule has 3 amide bonds. The first kappa shape index (κ1) is 24.7. The van der Waals surface area contributed by atoms with Gasteiger partial charge in [0.25, 0.3) is 0 Å². The zero-order chi connectivity index (χ0) is 23.6. The van der Waals surface area contributed by atoms with Gasteiger partial charge in [-0.1, -0.05) is 25.5 Å². The van der Waals surface area contributed by atoms with Crippen molar-refractivity contribution in [1.29, 1.82) is 0 Å². The average molecular weight is 461 g/mol. The van der Waals surface area contributed by atoms with Crippen LogP contribution in [0.2, 0.25) is 0 Å². The van der Waals surface area contributed by atoms with Crippen molar-refractivity contribution in [3.63, 3.8) is 0 Å². The van der Waals surface area contributed by atoms with E-state index in [4.69, 9.17) is 9.15 Å². The number of rotatable bonds is 10. The summed E-state index contributed by atoms with van der Waals surface area (Å²) in [6.45, 7) is 7.24. The molecule has 3 rings (SSSR count). The molecule has 9 heteroatoms. The Bertz CT molecular complexity index is 896. The lowest BCUT2D eigenvalue weighted by atomic mass is 10.1. The van der Waals surface area contributed by atoms with E-state index in [2.05, 4.69) is 20.9 Å². The van der Waals surface area contributed by atoms with Gasteiger partial charge in [-0.25, -0.2) is 9.18 Å². The van der Waals surface area contributed by atoms with Gasteiger partial charge in [0, 0.05) is 26.2 Å². The van der Waals surface area contributed by atoms with Crippen molar-refractivity contribution in [3.8, 4) is 0 Å². The summed E-state index contributed by atoms with van der Waals surface area (Å²) in [5, 5.41) is 8.46. The molecule has 0 spiro atoms. The Morgan fingerprint density at radius 3 is 2.45 bits per heavy atom. The highest BCUT2D eigenvalue weighted by atomic mass is 19.1. The molecule has 2 atom stereocenters. The van der Waals surface area contributed by atoms with Crippen LogP contribution in [0.1, 0.15) is 42.9 Å². The smallest absolute Gasteiger partial charge is 0.315 e. The van der Waals surface area contributed by atoms with Crippen molar-refractivity contribution in [3.05, 3.63) is 59.3 Å². The number of hydrogen-bond donors (Lipinski definition) is 3. The Morgan fingerprint density at radius 1 is 1.09 bits per heavy atom. The van der Waals surface area contributed by atoms with Gasteiger partial charge in [0.1, 0.15) is 23.4 Å². The molecule has 0 aliphatic carbocycles. The first-order valence-electron chi connectivity index (χ1n) is 11.4. The summed E-state index contributed by atoms with van der Waals surface area (Å²) < 4.78 is 24.3. The lowest BCUT2D eigenvalue weighted by Gasteiger charge is -2.33. The average Bonchev–Trinajstić information content (AvgIpc) is 3.25. The standard InChI is InChI=1S/C24H33FN4O4/c1-3-4-20(28-24(31)27-15-18-6-8-19(25)9-7-18)23(30)26-16-21(22-10-5-17(2)33-22)29-11-13-32-14-12-29/h5-10,20-21H,3-4,11-16H2,1-2H3,(H,26,30)(H2,27,28,31). The molecule has 2 unspecified atom stereocenters. The van der Waals surface area contributed by atoms with Crippen LogP contribution in [0.15, 0.2) is 40.8 Å². The molecule has 0 saturated carbocycles. The second kappa shape index (κ2) is 12.4. The van der Waals surface area contributed by atoms with E-state index in [1.54, 1.807) is 12.1 Å². The minimum atomic E-state index is -0.660. The van der Waals surface area contributed by atoms with Gasteiger partial charge in [0.05, 0.1) is 19.3 Å². The summed E-state index contributed by atoms with van der Waals surface area (Å²) in [5.41, 5.74) is 0.769. The molecule has 1 aromatic heterocycles. The van der Waals surface area contributed by atoms with Crippen LogP contribution in [-0.4, -0.2) is 55.7 Å². The highest BCUT2D eigenvalue weighted by Crippen LogP contribution is 2.23. The Labute approximate surface area is 193 Å². The fraction of sp³-hybridized carbons (Fsp3) is 0.500. The SMILES string of the molecule is CCCC(NC(=O)NCc1ccc(F)cc1)C(=O)NCC(c1ccc(C)o1)N1CCOCC1. The number of amides is 3. The number of morpholine rings is 1. The van der Waals surface area contributed by atoms with Gasteiger partial charge in [0.15, 0.2) is 0 Å². The maximum absolute atomic E-state index is 13.0. The molecule has 2 heterocycles. The van der Waals surface area contributed by atoms with E-state index in [1.165, 1.54) is 12.1 Å². The van der Waals surface area contributed by atoms with Crippen LogP contribution in [0.5, 0.6) is 0 Å². The molecule has 1 saturated heterocycles. The number of ether oxygens (including phenoxy) is 1. The zero-order valence-electron chi connectivity index (χ0n) is 19.2. The second-order valence-corrected chi connectivity index (χ2v) is 8.15. The first-order valence-corrected chi connectivity index (χ1v) is 11.4. The van der Waals surface area contributed by atoms with Gasteiger partial charge in [-0.05, 0) is 43.2 Å². The van der Waals surface area contributed by atoms with E-state index in [0.717, 1.165) is 36.6 Å². The van der Waals surface area contributed by atoms with Crippen LogP contribution >= 0.6 is 0 Å². The normalized spacial score (nSPS) is 16.1. The van der Waals surface area contributed by atoms with Gasteiger partial charge in [-0.15, -0.1) is 0 Å². The number of benzene rings is 1. The van der Waals surface area contributed by atoms with E-state index in [-0.39, 0.29) is 24.3 Å². The largest absolute Gasteiger partial charge is 0.465 e. The quantitative estimate of drug-likeness (QED) is 0.507. The third-order valence-electron chi connectivity index (χ3n) is 5.61. The third kappa shape index (κ3) is 7.57. The van der Waals surface area contributed by atoms with E-state index in [9.17, 15) is 14.0 Å². The van der Waals surface area contributed by atoms with Crippen molar-refractivity contribution in [2.24, 2.45) is 0 Å². The lowest BCUT2D eigenvalue weighted by molar-refractivity contribution is -0.123. The van der Waals surface area contributed by atoms with E-state index >= 15 is 0 Å². The zero-order valence-corrected chi connectivity index (χ0v) is 19.2. The molecule has 1 aliphatic rings. The van der Waals surface area contributed by atoms with Crippen molar-refractivity contribution in [2.45, 2.75) is 45.3 Å². The Hall–Kier alpha value is -2.91. The van der Waals surface area contributed by atoms with Gasteiger partial charge in [-0.2, -0.15) is 0 Å². The Kier molecular flexibility index (Phi) is 9.26. The fourth-order valence-electron chi connectivity index (χ4n) is 3.80. The molecule has 33 heavy (non-hydrogen) atoms. The number of furan rings is 1. The maximum Gasteiger partial charge on any atom is 0.315 e. The highest BCUT2D eigenvalue weighted by Gasteiger charge is 2.27. The summed E-state index contributed by atoms with van der Waals surface area (Å²) in [6, 6.07) is 8.53. The molecule has 180 valence electrons. The van der Waals surface area contributed by atoms with Gasteiger partial charge in [-0.3, -0.25) is 9.69 Å². The number of hydrogen-bond acceptors (Lipinski definition) is 5. The monoisotopic (exact) mass is 460 g/mol.